The second-order valence-corrected chi connectivity index (χ2v) is 5.11. The molecule has 1 atom stereocenters. The molecule has 0 aliphatic heterocycles. The van der Waals surface area contributed by atoms with Crippen LogP contribution in [0.25, 0.3) is 0 Å². The lowest BCUT2D eigenvalue weighted by Crippen LogP contribution is -2.16. The number of aromatic amines is 1. The van der Waals surface area contributed by atoms with Gasteiger partial charge in [-0.15, -0.1) is 12.4 Å². The van der Waals surface area contributed by atoms with Crippen molar-refractivity contribution in [3.63, 3.8) is 0 Å². The van der Waals surface area contributed by atoms with Gasteiger partial charge in [0.15, 0.2) is 0 Å². The van der Waals surface area contributed by atoms with Gasteiger partial charge in [0.25, 0.3) is 0 Å². The van der Waals surface area contributed by atoms with Gasteiger partial charge >= 0.3 is 5.97 Å². The van der Waals surface area contributed by atoms with E-state index in [2.05, 4.69) is 15.3 Å². The van der Waals surface area contributed by atoms with E-state index < -0.39 is 5.97 Å². The third kappa shape index (κ3) is 4.91. The summed E-state index contributed by atoms with van der Waals surface area (Å²) < 4.78 is 0. The Kier molecular flexibility index (Phi) is 7.17. The summed E-state index contributed by atoms with van der Waals surface area (Å²) in [4.78, 5) is 17.8. The first kappa shape index (κ1) is 18.3. The maximum Gasteiger partial charge on any atom is 0.304 e. The van der Waals surface area contributed by atoms with E-state index in [1.807, 2.05) is 12.1 Å². The molecule has 0 saturated heterocycles. The van der Waals surface area contributed by atoms with E-state index in [0.717, 1.165) is 16.9 Å². The van der Waals surface area contributed by atoms with Gasteiger partial charge in [0.1, 0.15) is 0 Å². The van der Waals surface area contributed by atoms with Gasteiger partial charge < -0.3 is 21.1 Å². The lowest BCUT2D eigenvalue weighted by Gasteiger charge is -2.15. The number of nitrogens with two attached hydrogens (primary N) is 1. The fourth-order valence-electron chi connectivity index (χ4n) is 2.05. The number of benzene rings is 1. The fourth-order valence-corrected chi connectivity index (χ4v) is 2.24. The van der Waals surface area contributed by atoms with Crippen LogP contribution in [0.4, 0.5) is 5.69 Å². The topological polar surface area (TPSA) is 104 Å². The molecule has 0 unspecified atom stereocenters. The highest BCUT2D eigenvalue weighted by Crippen LogP contribution is 2.28. The monoisotopic (exact) mass is 344 g/mol. The summed E-state index contributed by atoms with van der Waals surface area (Å²) in [5, 5.41) is 12.7. The molecule has 1 heterocycles. The summed E-state index contributed by atoms with van der Waals surface area (Å²) in [6.07, 6.45) is 3.32. The second kappa shape index (κ2) is 8.63. The number of nitrogens with one attached hydrogen (secondary N) is 2. The van der Waals surface area contributed by atoms with Gasteiger partial charge in [-0.3, -0.25) is 4.79 Å². The number of hydrogen-bond donors (Lipinski definition) is 4. The molecule has 0 aliphatic carbocycles. The number of hydrogen-bond acceptors (Lipinski definition) is 4. The Balaban J connectivity index is 0.00000242. The van der Waals surface area contributed by atoms with Crippen LogP contribution in [0.5, 0.6) is 0 Å². The van der Waals surface area contributed by atoms with Gasteiger partial charge in [-0.2, -0.15) is 0 Å². The van der Waals surface area contributed by atoms with Crippen molar-refractivity contribution in [3.8, 4) is 0 Å². The summed E-state index contributed by atoms with van der Waals surface area (Å²) in [6, 6.07) is 5.40. The molecular weight excluding hydrogens is 327 g/mol. The molecule has 5 N–H and O–H groups in total. The zero-order valence-corrected chi connectivity index (χ0v) is 13.3. The smallest absolute Gasteiger partial charge is 0.304 e. The molecule has 0 amide bonds. The molecular formula is C14H18Cl2N4O2. The number of carbonyl (C=O) groups is 1. The predicted octanol–water partition coefficient (Wildman–Crippen LogP) is 2.61. The first-order valence-electron chi connectivity index (χ1n) is 6.52. The molecule has 6 nitrogen and oxygen atoms in total. The summed E-state index contributed by atoms with van der Waals surface area (Å²) in [5.41, 5.74) is 8.19. The Morgan fingerprint density at radius 2 is 2.27 bits per heavy atom. The van der Waals surface area contributed by atoms with Crippen LogP contribution in [0.1, 0.15) is 23.6 Å². The predicted molar refractivity (Wildman–Crippen MR) is 88.7 cm³/mol. The van der Waals surface area contributed by atoms with E-state index in [0.29, 0.717) is 11.6 Å². The number of aromatic nitrogens is 2. The number of nitrogens with zero attached hydrogens (tertiary/aromatic N) is 1. The molecule has 2 rings (SSSR count). The third-order valence-corrected chi connectivity index (χ3v) is 3.52. The van der Waals surface area contributed by atoms with Gasteiger partial charge in [-0.25, -0.2) is 4.98 Å². The molecule has 0 saturated carbocycles. The minimum absolute atomic E-state index is 0. The molecule has 0 spiro atoms. The number of H-pyrrole nitrogens is 1. The lowest BCUT2D eigenvalue weighted by atomic mass is 9.95. The summed E-state index contributed by atoms with van der Waals surface area (Å²) >= 11 is 6.15. The Morgan fingerprint density at radius 1 is 1.50 bits per heavy atom. The highest BCUT2D eigenvalue weighted by Gasteiger charge is 2.15. The van der Waals surface area contributed by atoms with Crippen molar-refractivity contribution in [2.45, 2.75) is 18.9 Å². The Morgan fingerprint density at radius 3 is 2.86 bits per heavy atom. The molecule has 0 fully saturated rings. The molecule has 0 bridgehead atoms. The molecule has 0 aliphatic rings. The van der Waals surface area contributed by atoms with Crippen LogP contribution in [0, 0.1) is 0 Å². The number of anilines is 1. The van der Waals surface area contributed by atoms with Crippen molar-refractivity contribution in [3.05, 3.63) is 47.0 Å². The number of aliphatic carboxylic acids is 1. The first-order valence-corrected chi connectivity index (χ1v) is 6.90. The summed E-state index contributed by atoms with van der Waals surface area (Å²) in [5.74, 6) is -1.10. The standard InChI is InChI=1S/C14H17ClN4O2.ClH/c15-12-2-1-9(10(5-16)4-14(20)21)3-13(12)18-7-11-6-17-8-19-11;/h1-3,6,8,10,18H,4-5,7,16H2,(H,17,19)(H,20,21);1H/t10-;/m0./s1. The molecule has 0 radical (unpaired) electrons. The molecule has 120 valence electrons. The Hall–Kier alpha value is -1.76. The fraction of sp³-hybridized carbons (Fsp3) is 0.286. The van der Waals surface area contributed by atoms with Crippen molar-refractivity contribution in [1.29, 1.82) is 0 Å². The van der Waals surface area contributed by atoms with Gasteiger partial charge in [-0.1, -0.05) is 17.7 Å². The van der Waals surface area contributed by atoms with Crippen LogP contribution in [0.3, 0.4) is 0 Å². The number of carboxylic acids is 1. The highest BCUT2D eigenvalue weighted by atomic mass is 35.5. The normalized spacial score (nSPS) is 11.5. The van der Waals surface area contributed by atoms with Crippen molar-refractivity contribution in [1.82, 2.24) is 9.97 Å². The van der Waals surface area contributed by atoms with Crippen molar-refractivity contribution < 1.29 is 9.90 Å². The van der Waals surface area contributed by atoms with Crippen LogP contribution >= 0.6 is 24.0 Å². The van der Waals surface area contributed by atoms with Gasteiger partial charge in [0.2, 0.25) is 0 Å². The Labute approximate surface area is 139 Å². The molecule has 1 aromatic heterocycles. The number of rotatable bonds is 7. The van der Waals surface area contributed by atoms with Gasteiger partial charge in [0.05, 0.1) is 35.7 Å². The van der Waals surface area contributed by atoms with Gasteiger partial charge in [0, 0.05) is 12.1 Å². The van der Waals surface area contributed by atoms with Crippen molar-refractivity contribution in [2.75, 3.05) is 11.9 Å². The average Bonchev–Trinajstić information content (AvgIpc) is 2.97. The maximum atomic E-state index is 10.9. The number of carboxylic acid groups (broad SMARTS) is 1. The maximum absolute atomic E-state index is 10.9. The van der Waals surface area contributed by atoms with E-state index in [4.69, 9.17) is 22.4 Å². The van der Waals surface area contributed by atoms with Crippen molar-refractivity contribution in [2.24, 2.45) is 5.73 Å². The lowest BCUT2D eigenvalue weighted by molar-refractivity contribution is -0.137. The van der Waals surface area contributed by atoms with Gasteiger partial charge in [-0.05, 0) is 24.2 Å². The molecule has 8 heteroatoms. The summed E-state index contributed by atoms with van der Waals surface area (Å²) in [6.45, 7) is 0.823. The minimum Gasteiger partial charge on any atom is -0.481 e. The Bertz CT molecular complexity index is 605. The van der Waals surface area contributed by atoms with Crippen LogP contribution in [0.15, 0.2) is 30.7 Å². The molecule has 1 aromatic carbocycles. The average molecular weight is 345 g/mol. The van der Waals surface area contributed by atoms with Crippen molar-refractivity contribution >= 4 is 35.7 Å². The minimum atomic E-state index is -0.868. The molecule has 22 heavy (non-hydrogen) atoms. The SMILES string of the molecule is Cl.NC[C@H](CC(=O)O)c1ccc(Cl)c(NCc2cnc[nH]2)c1. The highest BCUT2D eigenvalue weighted by molar-refractivity contribution is 6.33. The second-order valence-electron chi connectivity index (χ2n) is 4.70. The van der Waals surface area contributed by atoms with E-state index >= 15 is 0 Å². The van der Waals surface area contributed by atoms with Crippen LogP contribution in [0.2, 0.25) is 5.02 Å². The zero-order valence-electron chi connectivity index (χ0n) is 11.8. The van der Waals surface area contributed by atoms with E-state index in [1.165, 1.54) is 0 Å². The van der Waals surface area contributed by atoms with Crippen LogP contribution in [-0.4, -0.2) is 27.6 Å². The van der Waals surface area contributed by atoms with E-state index in [1.54, 1.807) is 18.6 Å². The van der Waals surface area contributed by atoms with E-state index in [9.17, 15) is 4.79 Å². The van der Waals surface area contributed by atoms with Crippen LogP contribution < -0.4 is 11.1 Å². The largest absolute Gasteiger partial charge is 0.481 e. The number of halogens is 2. The third-order valence-electron chi connectivity index (χ3n) is 3.19. The quantitative estimate of drug-likeness (QED) is 0.618. The zero-order chi connectivity index (χ0) is 15.2. The van der Waals surface area contributed by atoms with E-state index in [-0.39, 0.29) is 31.3 Å². The van der Waals surface area contributed by atoms with Crippen LogP contribution in [-0.2, 0) is 11.3 Å². The first-order chi connectivity index (χ1) is 10.1. The molecule has 2 aromatic rings. The summed E-state index contributed by atoms with van der Waals surface area (Å²) in [7, 11) is 0. The number of imidazole rings is 1.